The molecule has 1 nitrogen and oxygen atoms in total. The molecule has 0 N–H and O–H groups in total. The summed E-state index contributed by atoms with van der Waals surface area (Å²) in [6.45, 7) is 6.12. The third-order valence-electron chi connectivity index (χ3n) is 2.61. The van der Waals surface area contributed by atoms with E-state index < -0.39 is 0 Å². The van der Waals surface area contributed by atoms with E-state index in [-0.39, 0.29) is 0 Å². The van der Waals surface area contributed by atoms with Crippen molar-refractivity contribution in [2.75, 3.05) is 0 Å². The van der Waals surface area contributed by atoms with Gasteiger partial charge in [-0.2, -0.15) is 0 Å². The Morgan fingerprint density at radius 1 is 1.19 bits per heavy atom. The van der Waals surface area contributed by atoms with Crippen molar-refractivity contribution in [2.45, 2.75) is 20.8 Å². The van der Waals surface area contributed by atoms with Gasteiger partial charge in [0.05, 0.1) is 0 Å². The zero-order chi connectivity index (χ0) is 11.5. The first-order valence-electron chi connectivity index (χ1n) is 5.54. The standard InChI is InChI=1S/C15H16O/c1-4-6-12(5-2)15-10-13-9-11(3)7-8-14(13)16-15/h4-10H,1-3H3/b6-4-,12-5+. The van der Waals surface area contributed by atoms with Gasteiger partial charge in [0.2, 0.25) is 0 Å². The van der Waals surface area contributed by atoms with Crippen LogP contribution in [0.15, 0.2) is 46.9 Å². The number of hydrogen-bond acceptors (Lipinski definition) is 1. The van der Waals surface area contributed by atoms with Crippen molar-refractivity contribution in [3.05, 3.63) is 53.8 Å². The van der Waals surface area contributed by atoms with Crippen LogP contribution in [0.2, 0.25) is 0 Å². The van der Waals surface area contributed by atoms with Gasteiger partial charge in [-0.1, -0.05) is 29.9 Å². The SMILES string of the molecule is C/C=C\C(=C/C)c1cc2cc(C)ccc2o1. The summed E-state index contributed by atoms with van der Waals surface area (Å²) in [6, 6.07) is 8.33. The lowest BCUT2D eigenvalue weighted by Crippen LogP contribution is -1.73. The molecule has 0 saturated carbocycles. The van der Waals surface area contributed by atoms with E-state index in [1.807, 2.05) is 26.0 Å². The molecule has 0 aliphatic rings. The molecule has 2 rings (SSSR count). The largest absolute Gasteiger partial charge is 0.456 e. The Bertz CT molecular complexity index is 556. The second-order valence-corrected chi connectivity index (χ2v) is 3.90. The van der Waals surface area contributed by atoms with E-state index in [0.717, 1.165) is 16.9 Å². The second-order valence-electron chi connectivity index (χ2n) is 3.90. The van der Waals surface area contributed by atoms with Gasteiger partial charge >= 0.3 is 0 Å². The van der Waals surface area contributed by atoms with Crippen LogP contribution in [0.25, 0.3) is 16.5 Å². The summed E-state index contributed by atoms with van der Waals surface area (Å²) in [4.78, 5) is 0. The fraction of sp³-hybridized carbons (Fsp3) is 0.200. The molecule has 0 amide bonds. The zero-order valence-electron chi connectivity index (χ0n) is 9.95. The Balaban J connectivity index is 2.54. The highest BCUT2D eigenvalue weighted by atomic mass is 16.3. The highest BCUT2D eigenvalue weighted by molar-refractivity contribution is 5.84. The minimum absolute atomic E-state index is 0.932. The van der Waals surface area contributed by atoms with Crippen LogP contribution in [0.3, 0.4) is 0 Å². The molecule has 2 aromatic rings. The number of hydrogen-bond donors (Lipinski definition) is 0. The maximum absolute atomic E-state index is 5.81. The summed E-state index contributed by atoms with van der Waals surface area (Å²) in [5, 5.41) is 1.17. The smallest absolute Gasteiger partial charge is 0.135 e. The lowest BCUT2D eigenvalue weighted by molar-refractivity contribution is 0.601. The van der Waals surface area contributed by atoms with Crippen LogP contribution in [-0.4, -0.2) is 0 Å². The van der Waals surface area contributed by atoms with Crippen molar-refractivity contribution >= 4 is 16.5 Å². The lowest BCUT2D eigenvalue weighted by atomic mass is 10.1. The molecule has 0 unspecified atom stereocenters. The number of allylic oxidation sites excluding steroid dienone is 4. The van der Waals surface area contributed by atoms with Gasteiger partial charge in [0.15, 0.2) is 0 Å². The van der Waals surface area contributed by atoms with Crippen LogP contribution in [0, 0.1) is 6.92 Å². The Hall–Kier alpha value is -1.76. The minimum atomic E-state index is 0.932. The molecule has 1 aromatic heterocycles. The fourth-order valence-corrected chi connectivity index (χ4v) is 1.81. The van der Waals surface area contributed by atoms with Gasteiger partial charge in [-0.3, -0.25) is 0 Å². The van der Waals surface area contributed by atoms with Crippen LogP contribution in [0.5, 0.6) is 0 Å². The monoisotopic (exact) mass is 212 g/mol. The Morgan fingerprint density at radius 3 is 2.69 bits per heavy atom. The molecule has 82 valence electrons. The van der Waals surface area contributed by atoms with Gasteiger partial charge in [0, 0.05) is 11.0 Å². The first-order chi connectivity index (χ1) is 7.74. The van der Waals surface area contributed by atoms with Crippen molar-refractivity contribution in [1.29, 1.82) is 0 Å². The average Bonchev–Trinajstić information content (AvgIpc) is 2.68. The highest BCUT2D eigenvalue weighted by Gasteiger charge is 2.05. The molecule has 0 bridgehead atoms. The van der Waals surface area contributed by atoms with Crippen molar-refractivity contribution in [2.24, 2.45) is 0 Å². The summed E-state index contributed by atoms with van der Waals surface area (Å²) in [7, 11) is 0. The quantitative estimate of drug-likeness (QED) is 0.656. The van der Waals surface area contributed by atoms with E-state index in [2.05, 4.69) is 37.3 Å². The predicted molar refractivity (Wildman–Crippen MR) is 69.4 cm³/mol. The van der Waals surface area contributed by atoms with Gasteiger partial charge in [-0.25, -0.2) is 0 Å². The van der Waals surface area contributed by atoms with E-state index in [1.165, 1.54) is 10.9 Å². The summed E-state index contributed by atoms with van der Waals surface area (Å²) in [5.41, 5.74) is 3.33. The van der Waals surface area contributed by atoms with E-state index in [0.29, 0.717) is 0 Å². The predicted octanol–water partition coefficient (Wildman–Crippen LogP) is 4.72. The number of aryl methyl sites for hydroxylation is 1. The van der Waals surface area contributed by atoms with Crippen LogP contribution in [0.1, 0.15) is 25.2 Å². The molecule has 1 aromatic carbocycles. The molecule has 1 heterocycles. The average molecular weight is 212 g/mol. The maximum Gasteiger partial charge on any atom is 0.135 e. The Labute approximate surface area is 96.1 Å². The molecule has 0 fully saturated rings. The number of fused-ring (bicyclic) bond motifs is 1. The van der Waals surface area contributed by atoms with E-state index in [1.54, 1.807) is 0 Å². The normalized spacial score (nSPS) is 12.8. The molecule has 1 heteroatoms. The number of furan rings is 1. The highest BCUT2D eigenvalue weighted by Crippen LogP contribution is 2.26. The van der Waals surface area contributed by atoms with Gasteiger partial charge in [0.1, 0.15) is 11.3 Å². The van der Waals surface area contributed by atoms with Gasteiger partial charge < -0.3 is 4.42 Å². The van der Waals surface area contributed by atoms with Crippen molar-refractivity contribution in [3.8, 4) is 0 Å². The van der Waals surface area contributed by atoms with Crippen LogP contribution in [0.4, 0.5) is 0 Å². The van der Waals surface area contributed by atoms with Crippen molar-refractivity contribution in [1.82, 2.24) is 0 Å². The van der Waals surface area contributed by atoms with Gasteiger partial charge in [-0.05, 0) is 39.0 Å². The molecule has 0 spiro atoms. The summed E-state index contributed by atoms with van der Waals surface area (Å²) in [6.07, 6.45) is 6.14. The van der Waals surface area contributed by atoms with Crippen LogP contribution in [-0.2, 0) is 0 Å². The molecule has 0 radical (unpaired) electrons. The third-order valence-corrected chi connectivity index (χ3v) is 2.61. The Kier molecular flexibility index (Phi) is 2.95. The fourth-order valence-electron chi connectivity index (χ4n) is 1.81. The summed E-state index contributed by atoms with van der Waals surface area (Å²) < 4.78 is 5.81. The summed E-state index contributed by atoms with van der Waals surface area (Å²) >= 11 is 0. The lowest BCUT2D eigenvalue weighted by Gasteiger charge is -1.94. The topological polar surface area (TPSA) is 13.1 Å². The molecule has 16 heavy (non-hydrogen) atoms. The van der Waals surface area contributed by atoms with Crippen molar-refractivity contribution < 1.29 is 4.42 Å². The van der Waals surface area contributed by atoms with Crippen LogP contribution < -0.4 is 0 Å². The summed E-state index contributed by atoms with van der Waals surface area (Å²) in [5.74, 6) is 0.932. The van der Waals surface area contributed by atoms with Crippen LogP contribution >= 0.6 is 0 Å². The zero-order valence-corrected chi connectivity index (χ0v) is 9.95. The van der Waals surface area contributed by atoms with E-state index in [9.17, 15) is 0 Å². The van der Waals surface area contributed by atoms with Gasteiger partial charge in [-0.15, -0.1) is 0 Å². The number of benzene rings is 1. The van der Waals surface area contributed by atoms with Crippen molar-refractivity contribution in [3.63, 3.8) is 0 Å². The van der Waals surface area contributed by atoms with Gasteiger partial charge in [0.25, 0.3) is 0 Å². The maximum atomic E-state index is 5.81. The molecular weight excluding hydrogens is 196 g/mol. The van der Waals surface area contributed by atoms with E-state index >= 15 is 0 Å². The minimum Gasteiger partial charge on any atom is -0.456 e. The van der Waals surface area contributed by atoms with E-state index in [4.69, 9.17) is 4.42 Å². The molecule has 0 aliphatic carbocycles. The first kappa shape index (κ1) is 10.7. The molecule has 0 saturated heterocycles. The number of rotatable bonds is 2. The third kappa shape index (κ3) is 1.94. The molecular formula is C15H16O. The molecule has 0 aliphatic heterocycles. The first-order valence-corrected chi connectivity index (χ1v) is 5.54. The second kappa shape index (κ2) is 4.40. The Morgan fingerprint density at radius 2 is 2.00 bits per heavy atom. The molecule has 0 atom stereocenters.